The van der Waals surface area contributed by atoms with Gasteiger partial charge in [-0.3, -0.25) is 4.90 Å². The van der Waals surface area contributed by atoms with Crippen LogP contribution in [0.25, 0.3) is 0 Å². The Kier molecular flexibility index (Phi) is 5.22. The van der Waals surface area contributed by atoms with Crippen molar-refractivity contribution in [3.8, 4) is 0 Å². The van der Waals surface area contributed by atoms with Crippen molar-refractivity contribution in [2.75, 3.05) is 19.6 Å². The molecule has 1 atom stereocenters. The Morgan fingerprint density at radius 3 is 2.55 bits per heavy atom. The van der Waals surface area contributed by atoms with Crippen molar-refractivity contribution in [3.05, 3.63) is 35.4 Å². The van der Waals surface area contributed by atoms with Gasteiger partial charge in [0.2, 0.25) is 0 Å². The number of nitrogens with one attached hydrogen (secondary N) is 1. The van der Waals surface area contributed by atoms with Crippen LogP contribution in [0.2, 0.25) is 0 Å². The quantitative estimate of drug-likeness (QED) is 0.902. The Labute approximate surface area is 124 Å². The lowest BCUT2D eigenvalue weighted by Gasteiger charge is -2.34. The molecule has 0 saturated carbocycles. The average Bonchev–Trinajstić information content (AvgIpc) is 2.39. The molecule has 1 aliphatic heterocycles. The summed E-state index contributed by atoms with van der Waals surface area (Å²) < 4.78 is 0. The van der Waals surface area contributed by atoms with Crippen molar-refractivity contribution in [1.82, 2.24) is 10.2 Å². The maximum atomic E-state index is 3.74. The molecule has 0 aliphatic carbocycles. The van der Waals surface area contributed by atoms with Crippen LogP contribution in [0.4, 0.5) is 0 Å². The third-order valence-electron chi connectivity index (χ3n) is 3.95. The predicted octanol–water partition coefficient (Wildman–Crippen LogP) is 3.60. The molecule has 0 amide bonds. The fourth-order valence-electron chi connectivity index (χ4n) is 2.77. The minimum atomic E-state index is 0.374. The van der Waals surface area contributed by atoms with Crippen LogP contribution in [0.3, 0.4) is 0 Å². The molecule has 0 spiro atoms. The fraction of sp³-hybridized carbons (Fsp3) is 0.667. The Morgan fingerprint density at radius 2 is 1.90 bits per heavy atom. The molecule has 0 bridgehead atoms. The Bertz CT molecular complexity index is 402. The van der Waals surface area contributed by atoms with Crippen LogP contribution in [0, 0.1) is 12.3 Å². The molecular formula is C18H30N2. The number of hydrogen-bond donors (Lipinski definition) is 1. The third-order valence-corrected chi connectivity index (χ3v) is 3.95. The van der Waals surface area contributed by atoms with Gasteiger partial charge in [0.15, 0.2) is 0 Å². The Balaban J connectivity index is 1.82. The first-order chi connectivity index (χ1) is 9.42. The van der Waals surface area contributed by atoms with E-state index < -0.39 is 0 Å². The summed E-state index contributed by atoms with van der Waals surface area (Å²) in [6, 6.07) is 9.63. The first kappa shape index (κ1) is 15.5. The summed E-state index contributed by atoms with van der Waals surface area (Å²) >= 11 is 0. The highest BCUT2D eigenvalue weighted by molar-refractivity contribution is 5.21. The van der Waals surface area contributed by atoms with Gasteiger partial charge in [0, 0.05) is 25.7 Å². The number of piperidine rings is 1. The van der Waals surface area contributed by atoms with Gasteiger partial charge in [-0.1, -0.05) is 50.6 Å². The molecule has 0 aromatic heterocycles. The third kappa shape index (κ3) is 5.26. The molecule has 1 unspecified atom stereocenters. The molecule has 2 nitrogen and oxygen atoms in total. The predicted molar refractivity (Wildman–Crippen MR) is 86.9 cm³/mol. The van der Waals surface area contributed by atoms with E-state index in [-0.39, 0.29) is 0 Å². The zero-order chi connectivity index (χ0) is 14.6. The molecule has 1 fully saturated rings. The number of likely N-dealkylation sites (tertiary alicyclic amines) is 1. The van der Waals surface area contributed by atoms with Gasteiger partial charge in [-0.05, 0) is 37.3 Å². The SMILES string of the molecule is Cc1ccc(CN2CCCC(NCC(C)(C)C)C2)cc1. The van der Waals surface area contributed by atoms with E-state index in [2.05, 4.69) is 62.2 Å². The molecular weight excluding hydrogens is 244 g/mol. The van der Waals surface area contributed by atoms with Crippen LogP contribution in [-0.2, 0) is 6.54 Å². The standard InChI is InChI=1S/C18H30N2/c1-15-7-9-16(10-8-15)12-20-11-5-6-17(13-20)19-14-18(2,3)4/h7-10,17,19H,5-6,11-14H2,1-4H3. The number of hydrogen-bond acceptors (Lipinski definition) is 2. The first-order valence-electron chi connectivity index (χ1n) is 7.94. The van der Waals surface area contributed by atoms with E-state index >= 15 is 0 Å². The maximum Gasteiger partial charge on any atom is 0.0234 e. The Morgan fingerprint density at radius 1 is 1.20 bits per heavy atom. The van der Waals surface area contributed by atoms with Crippen molar-refractivity contribution in [2.24, 2.45) is 5.41 Å². The van der Waals surface area contributed by atoms with Gasteiger partial charge in [0.05, 0.1) is 0 Å². The maximum absolute atomic E-state index is 3.74. The van der Waals surface area contributed by atoms with Crippen LogP contribution in [-0.4, -0.2) is 30.6 Å². The highest BCUT2D eigenvalue weighted by atomic mass is 15.2. The highest BCUT2D eigenvalue weighted by Crippen LogP contribution is 2.16. The molecule has 112 valence electrons. The van der Waals surface area contributed by atoms with Crippen molar-refractivity contribution in [3.63, 3.8) is 0 Å². The lowest BCUT2D eigenvalue weighted by atomic mass is 9.95. The van der Waals surface area contributed by atoms with Gasteiger partial charge >= 0.3 is 0 Å². The van der Waals surface area contributed by atoms with Crippen molar-refractivity contribution >= 4 is 0 Å². The smallest absolute Gasteiger partial charge is 0.0234 e. The van der Waals surface area contributed by atoms with Crippen LogP contribution in [0.15, 0.2) is 24.3 Å². The summed E-state index contributed by atoms with van der Waals surface area (Å²) in [5.74, 6) is 0. The largest absolute Gasteiger partial charge is 0.312 e. The van der Waals surface area contributed by atoms with Gasteiger partial charge in [-0.15, -0.1) is 0 Å². The Hall–Kier alpha value is -0.860. The van der Waals surface area contributed by atoms with E-state index in [0.29, 0.717) is 11.5 Å². The molecule has 1 saturated heterocycles. The van der Waals surface area contributed by atoms with Gasteiger partial charge < -0.3 is 5.32 Å². The summed E-state index contributed by atoms with van der Waals surface area (Å²) in [5, 5.41) is 3.74. The number of nitrogens with zero attached hydrogens (tertiary/aromatic N) is 1. The summed E-state index contributed by atoms with van der Waals surface area (Å²) in [4.78, 5) is 2.59. The summed E-state index contributed by atoms with van der Waals surface area (Å²) in [7, 11) is 0. The van der Waals surface area contributed by atoms with Crippen LogP contribution < -0.4 is 5.32 Å². The minimum absolute atomic E-state index is 0.374. The molecule has 1 aliphatic rings. The van der Waals surface area contributed by atoms with Gasteiger partial charge in [0.1, 0.15) is 0 Å². The summed E-state index contributed by atoms with van der Waals surface area (Å²) in [5.41, 5.74) is 3.16. The number of rotatable bonds is 4. The number of aryl methyl sites for hydroxylation is 1. The highest BCUT2D eigenvalue weighted by Gasteiger charge is 2.21. The molecule has 2 heteroatoms. The molecule has 2 rings (SSSR count). The van der Waals surface area contributed by atoms with Crippen molar-refractivity contribution < 1.29 is 0 Å². The van der Waals surface area contributed by atoms with Crippen LogP contribution >= 0.6 is 0 Å². The average molecular weight is 274 g/mol. The van der Waals surface area contributed by atoms with Crippen molar-refractivity contribution in [2.45, 2.75) is 53.1 Å². The summed E-state index contributed by atoms with van der Waals surface area (Å²) in [6.45, 7) is 13.7. The molecule has 20 heavy (non-hydrogen) atoms. The van der Waals surface area contributed by atoms with Crippen molar-refractivity contribution in [1.29, 1.82) is 0 Å². The lowest BCUT2D eigenvalue weighted by Crippen LogP contribution is -2.47. The van der Waals surface area contributed by atoms with E-state index in [1.54, 1.807) is 0 Å². The molecule has 0 radical (unpaired) electrons. The number of benzene rings is 1. The molecule has 1 aromatic rings. The van der Waals surface area contributed by atoms with Gasteiger partial charge in [-0.25, -0.2) is 0 Å². The molecule has 1 heterocycles. The second-order valence-electron chi connectivity index (χ2n) is 7.50. The van der Waals surface area contributed by atoms with E-state index in [1.807, 2.05) is 0 Å². The zero-order valence-corrected chi connectivity index (χ0v) is 13.6. The molecule has 1 N–H and O–H groups in total. The van der Waals surface area contributed by atoms with Crippen LogP contribution in [0.5, 0.6) is 0 Å². The fourth-order valence-corrected chi connectivity index (χ4v) is 2.77. The van der Waals surface area contributed by atoms with Crippen LogP contribution in [0.1, 0.15) is 44.7 Å². The minimum Gasteiger partial charge on any atom is -0.312 e. The van der Waals surface area contributed by atoms with E-state index in [4.69, 9.17) is 0 Å². The monoisotopic (exact) mass is 274 g/mol. The topological polar surface area (TPSA) is 15.3 Å². The van der Waals surface area contributed by atoms with Gasteiger partial charge in [0.25, 0.3) is 0 Å². The van der Waals surface area contributed by atoms with E-state index in [9.17, 15) is 0 Å². The second-order valence-corrected chi connectivity index (χ2v) is 7.50. The van der Waals surface area contributed by atoms with E-state index in [0.717, 1.165) is 13.1 Å². The molecule has 1 aromatic carbocycles. The second kappa shape index (κ2) is 6.73. The first-order valence-corrected chi connectivity index (χ1v) is 7.94. The summed E-state index contributed by atoms with van der Waals surface area (Å²) in [6.07, 6.45) is 2.63. The van der Waals surface area contributed by atoms with E-state index in [1.165, 1.54) is 37.1 Å². The zero-order valence-electron chi connectivity index (χ0n) is 13.6. The lowest BCUT2D eigenvalue weighted by molar-refractivity contribution is 0.175. The normalized spacial score (nSPS) is 21.1. The van der Waals surface area contributed by atoms with Gasteiger partial charge in [-0.2, -0.15) is 0 Å².